The first-order chi connectivity index (χ1) is 9.43. The highest BCUT2D eigenvalue weighted by atomic mass is 35.5. The van der Waals surface area contributed by atoms with E-state index in [-0.39, 0.29) is 18.1 Å². The Hall–Kier alpha value is -1.03. The van der Waals surface area contributed by atoms with Crippen molar-refractivity contribution in [2.75, 3.05) is 6.61 Å². The quantitative estimate of drug-likeness (QED) is 0.877. The van der Waals surface area contributed by atoms with Gasteiger partial charge < -0.3 is 14.8 Å². The van der Waals surface area contributed by atoms with Crippen molar-refractivity contribution in [3.8, 4) is 0 Å². The second-order valence-electron chi connectivity index (χ2n) is 6.16. The summed E-state index contributed by atoms with van der Waals surface area (Å²) in [5.41, 5.74) is 1.87. The van der Waals surface area contributed by atoms with E-state index >= 15 is 0 Å². The number of rotatable bonds is 5. The van der Waals surface area contributed by atoms with E-state index in [0.29, 0.717) is 11.8 Å². The molecule has 1 aromatic heterocycles. The molecule has 0 fully saturated rings. The number of nitrogens with one attached hydrogen (secondary N) is 1. The van der Waals surface area contributed by atoms with Crippen LogP contribution in [0.1, 0.15) is 32.8 Å². The van der Waals surface area contributed by atoms with E-state index in [4.69, 9.17) is 16.0 Å². The average Bonchev–Trinajstić information content (AvgIpc) is 2.69. The number of furan rings is 1. The van der Waals surface area contributed by atoms with Crippen molar-refractivity contribution in [2.45, 2.75) is 39.8 Å². The molecule has 0 aliphatic carbocycles. The number of fused-ring (bicyclic) bond motifs is 1. The zero-order chi connectivity index (χ0) is 14.8. The Morgan fingerprint density at radius 3 is 2.65 bits per heavy atom. The SMILES string of the molecule is CC(C)(C)C(CCO)NCc1c(Cl)oc2ccccc12. The summed E-state index contributed by atoms with van der Waals surface area (Å²) in [6.45, 7) is 7.30. The monoisotopic (exact) mass is 295 g/mol. The molecule has 2 aromatic rings. The van der Waals surface area contributed by atoms with Crippen LogP contribution in [-0.4, -0.2) is 17.8 Å². The Kier molecular flexibility index (Phi) is 4.74. The molecule has 0 saturated heterocycles. The van der Waals surface area contributed by atoms with Gasteiger partial charge in [0.2, 0.25) is 0 Å². The average molecular weight is 296 g/mol. The molecule has 0 aliphatic heterocycles. The first kappa shape index (κ1) is 15.4. The minimum absolute atomic E-state index is 0.0781. The molecule has 4 heteroatoms. The van der Waals surface area contributed by atoms with Gasteiger partial charge in [-0.15, -0.1) is 0 Å². The van der Waals surface area contributed by atoms with Crippen molar-refractivity contribution < 1.29 is 9.52 Å². The van der Waals surface area contributed by atoms with Gasteiger partial charge in [-0.1, -0.05) is 39.0 Å². The maximum Gasteiger partial charge on any atom is 0.199 e. The van der Waals surface area contributed by atoms with E-state index in [2.05, 4.69) is 26.1 Å². The third-order valence-electron chi connectivity index (χ3n) is 3.64. The van der Waals surface area contributed by atoms with Crippen molar-refractivity contribution >= 4 is 22.6 Å². The standard InChI is InChI=1S/C16H22ClNO2/c1-16(2,3)14(8-9-19)18-10-12-11-6-4-5-7-13(11)20-15(12)17/h4-7,14,18-19H,8-10H2,1-3H3. The van der Waals surface area contributed by atoms with Crippen LogP contribution in [0.25, 0.3) is 11.0 Å². The van der Waals surface area contributed by atoms with Crippen molar-refractivity contribution in [3.05, 3.63) is 35.0 Å². The molecular formula is C16H22ClNO2. The lowest BCUT2D eigenvalue weighted by Crippen LogP contribution is -2.40. The van der Waals surface area contributed by atoms with Crippen molar-refractivity contribution in [2.24, 2.45) is 5.41 Å². The molecule has 2 N–H and O–H groups in total. The molecule has 1 unspecified atom stereocenters. The zero-order valence-corrected chi connectivity index (χ0v) is 13.0. The first-order valence-electron chi connectivity index (χ1n) is 6.93. The van der Waals surface area contributed by atoms with E-state index in [1.807, 2.05) is 24.3 Å². The van der Waals surface area contributed by atoms with Gasteiger partial charge >= 0.3 is 0 Å². The number of hydrogen-bond acceptors (Lipinski definition) is 3. The second kappa shape index (κ2) is 6.17. The molecule has 0 radical (unpaired) electrons. The molecule has 1 heterocycles. The van der Waals surface area contributed by atoms with Crippen LogP contribution < -0.4 is 5.32 Å². The Balaban J connectivity index is 2.17. The fraction of sp³-hybridized carbons (Fsp3) is 0.500. The summed E-state index contributed by atoms with van der Waals surface area (Å²) in [6, 6.07) is 8.06. The molecule has 110 valence electrons. The van der Waals surface area contributed by atoms with Crippen LogP contribution in [0.2, 0.25) is 5.22 Å². The number of benzene rings is 1. The normalized spacial score (nSPS) is 13.8. The van der Waals surface area contributed by atoms with Gasteiger partial charge in [0.05, 0.1) is 0 Å². The van der Waals surface area contributed by atoms with E-state index in [0.717, 1.165) is 23.0 Å². The van der Waals surface area contributed by atoms with Crippen LogP contribution in [0.5, 0.6) is 0 Å². The van der Waals surface area contributed by atoms with Crippen LogP contribution in [0.4, 0.5) is 0 Å². The van der Waals surface area contributed by atoms with Crippen LogP contribution in [0, 0.1) is 5.41 Å². The number of aliphatic hydroxyl groups is 1. The largest absolute Gasteiger partial charge is 0.444 e. The number of halogens is 1. The van der Waals surface area contributed by atoms with Gasteiger partial charge in [0.25, 0.3) is 0 Å². The maximum atomic E-state index is 9.20. The Morgan fingerprint density at radius 2 is 2.00 bits per heavy atom. The Morgan fingerprint density at radius 1 is 1.30 bits per heavy atom. The third kappa shape index (κ3) is 3.35. The smallest absolute Gasteiger partial charge is 0.199 e. The predicted molar refractivity (Wildman–Crippen MR) is 83.0 cm³/mol. The molecule has 2 rings (SSSR count). The molecule has 0 amide bonds. The van der Waals surface area contributed by atoms with Gasteiger partial charge in [-0.05, 0) is 29.5 Å². The number of aliphatic hydroxyl groups excluding tert-OH is 1. The molecule has 20 heavy (non-hydrogen) atoms. The van der Waals surface area contributed by atoms with Crippen LogP contribution >= 0.6 is 11.6 Å². The highest BCUT2D eigenvalue weighted by Gasteiger charge is 2.24. The van der Waals surface area contributed by atoms with E-state index < -0.39 is 0 Å². The van der Waals surface area contributed by atoms with Crippen molar-refractivity contribution in [3.63, 3.8) is 0 Å². The van der Waals surface area contributed by atoms with Gasteiger partial charge in [0.1, 0.15) is 5.58 Å². The fourth-order valence-electron chi connectivity index (χ4n) is 2.43. The molecule has 1 aromatic carbocycles. The van der Waals surface area contributed by atoms with Crippen LogP contribution in [0.3, 0.4) is 0 Å². The minimum atomic E-state index is 0.0781. The van der Waals surface area contributed by atoms with Gasteiger partial charge in [-0.25, -0.2) is 0 Å². The molecule has 0 saturated carbocycles. The van der Waals surface area contributed by atoms with E-state index in [1.165, 1.54) is 0 Å². The maximum absolute atomic E-state index is 9.20. The highest BCUT2D eigenvalue weighted by molar-refractivity contribution is 6.30. The third-order valence-corrected chi connectivity index (χ3v) is 3.94. The van der Waals surface area contributed by atoms with Crippen molar-refractivity contribution in [1.82, 2.24) is 5.32 Å². The predicted octanol–water partition coefficient (Wildman–Crippen LogP) is 3.97. The summed E-state index contributed by atoms with van der Waals surface area (Å²) >= 11 is 6.19. The molecule has 0 bridgehead atoms. The topological polar surface area (TPSA) is 45.4 Å². The lowest BCUT2D eigenvalue weighted by Gasteiger charge is -2.31. The summed E-state index contributed by atoms with van der Waals surface area (Å²) in [5.74, 6) is 0. The van der Waals surface area contributed by atoms with E-state index in [1.54, 1.807) is 0 Å². The second-order valence-corrected chi connectivity index (χ2v) is 6.51. The number of hydrogen-bond donors (Lipinski definition) is 2. The van der Waals surface area contributed by atoms with Crippen LogP contribution in [-0.2, 0) is 6.54 Å². The van der Waals surface area contributed by atoms with Crippen LogP contribution in [0.15, 0.2) is 28.7 Å². The molecule has 0 spiro atoms. The van der Waals surface area contributed by atoms with Gasteiger partial charge in [-0.2, -0.15) is 0 Å². The summed E-state index contributed by atoms with van der Waals surface area (Å²) in [7, 11) is 0. The van der Waals surface area contributed by atoms with Gasteiger partial charge in [-0.3, -0.25) is 0 Å². The molecule has 0 aliphatic rings. The Bertz CT molecular complexity index is 571. The summed E-state index contributed by atoms with van der Waals surface area (Å²) in [4.78, 5) is 0. The molecule has 3 nitrogen and oxygen atoms in total. The molecular weight excluding hydrogens is 274 g/mol. The summed E-state index contributed by atoms with van der Waals surface area (Å²) in [6.07, 6.45) is 0.719. The molecule has 1 atom stereocenters. The Labute approximate surface area is 124 Å². The zero-order valence-electron chi connectivity index (χ0n) is 12.2. The van der Waals surface area contributed by atoms with E-state index in [9.17, 15) is 5.11 Å². The number of para-hydroxylation sites is 1. The lowest BCUT2D eigenvalue weighted by molar-refractivity contribution is 0.196. The summed E-state index contributed by atoms with van der Waals surface area (Å²) < 4.78 is 5.55. The fourth-order valence-corrected chi connectivity index (χ4v) is 2.68. The van der Waals surface area contributed by atoms with Crippen molar-refractivity contribution in [1.29, 1.82) is 0 Å². The van der Waals surface area contributed by atoms with Gasteiger partial charge in [0, 0.05) is 30.1 Å². The lowest BCUT2D eigenvalue weighted by atomic mass is 9.85. The first-order valence-corrected chi connectivity index (χ1v) is 7.31. The van der Waals surface area contributed by atoms with Gasteiger partial charge in [0.15, 0.2) is 5.22 Å². The minimum Gasteiger partial charge on any atom is -0.444 e. The highest BCUT2D eigenvalue weighted by Crippen LogP contribution is 2.30. The summed E-state index contributed by atoms with van der Waals surface area (Å²) in [5, 5.41) is 14.2.